The Morgan fingerprint density at radius 3 is 2.92 bits per heavy atom. The van der Waals surface area contributed by atoms with Crippen LogP contribution >= 0.6 is 0 Å². The largest absolute Gasteiger partial charge is 0.376 e. The van der Waals surface area contributed by atoms with Gasteiger partial charge in [-0.1, -0.05) is 6.07 Å². The number of carbonyl (C=O) groups is 1. The van der Waals surface area contributed by atoms with Gasteiger partial charge in [0.1, 0.15) is 17.6 Å². The highest BCUT2D eigenvalue weighted by Crippen LogP contribution is 2.31. The van der Waals surface area contributed by atoms with E-state index in [4.69, 9.17) is 9.47 Å². The lowest BCUT2D eigenvalue weighted by Gasteiger charge is -2.23. The van der Waals surface area contributed by atoms with Crippen LogP contribution in [0.2, 0.25) is 0 Å². The summed E-state index contributed by atoms with van der Waals surface area (Å²) in [6.07, 6.45) is 3.58. The molecule has 3 rings (SSSR count). The standard InChI is InChI=1S/C18H25FN2O3/c1-13(24-12-14-6-5-11-23-14)18(22)20-17-15(19)7-4-8-16(17)21-9-2-3-10-21/h4,7-8,13-14H,2-3,5-6,9-12H2,1H3,(H,20,22)/t13-,14-/m0/s1. The Balaban J connectivity index is 1.62. The van der Waals surface area contributed by atoms with Crippen LogP contribution in [0, 0.1) is 5.82 Å². The lowest BCUT2D eigenvalue weighted by molar-refractivity contribution is -0.128. The molecule has 1 amide bonds. The number of ether oxygens (including phenoxy) is 2. The van der Waals surface area contributed by atoms with Crippen LogP contribution in [0.15, 0.2) is 18.2 Å². The van der Waals surface area contributed by atoms with Gasteiger partial charge in [-0.15, -0.1) is 0 Å². The maximum absolute atomic E-state index is 14.3. The van der Waals surface area contributed by atoms with E-state index in [0.717, 1.165) is 51.1 Å². The van der Waals surface area contributed by atoms with E-state index in [2.05, 4.69) is 10.2 Å². The van der Waals surface area contributed by atoms with Gasteiger partial charge in [-0.2, -0.15) is 0 Å². The van der Waals surface area contributed by atoms with Crippen molar-refractivity contribution >= 4 is 17.3 Å². The van der Waals surface area contributed by atoms with Crippen molar-refractivity contribution in [3.05, 3.63) is 24.0 Å². The number of anilines is 2. The number of nitrogens with zero attached hydrogens (tertiary/aromatic N) is 1. The Morgan fingerprint density at radius 1 is 1.42 bits per heavy atom. The third-order valence-electron chi connectivity index (χ3n) is 4.61. The minimum Gasteiger partial charge on any atom is -0.376 e. The molecule has 0 aliphatic carbocycles. The second-order valence-electron chi connectivity index (χ2n) is 6.43. The molecule has 2 saturated heterocycles. The Kier molecular flexibility index (Phi) is 5.68. The predicted molar refractivity (Wildman–Crippen MR) is 90.9 cm³/mol. The van der Waals surface area contributed by atoms with E-state index in [1.165, 1.54) is 6.07 Å². The number of para-hydroxylation sites is 1. The zero-order valence-electron chi connectivity index (χ0n) is 14.1. The number of nitrogens with one attached hydrogen (secondary N) is 1. The van der Waals surface area contributed by atoms with E-state index in [-0.39, 0.29) is 17.7 Å². The van der Waals surface area contributed by atoms with Gasteiger partial charge in [0.15, 0.2) is 0 Å². The second kappa shape index (κ2) is 7.94. The van der Waals surface area contributed by atoms with E-state index >= 15 is 0 Å². The molecule has 132 valence electrons. The predicted octanol–water partition coefficient (Wildman–Crippen LogP) is 2.95. The van der Waals surface area contributed by atoms with Gasteiger partial charge in [-0.05, 0) is 44.7 Å². The molecule has 0 unspecified atom stereocenters. The van der Waals surface area contributed by atoms with Crippen LogP contribution in [0.25, 0.3) is 0 Å². The highest BCUT2D eigenvalue weighted by molar-refractivity contribution is 5.97. The van der Waals surface area contributed by atoms with E-state index in [1.807, 2.05) is 6.07 Å². The molecule has 2 atom stereocenters. The third-order valence-corrected chi connectivity index (χ3v) is 4.61. The van der Waals surface area contributed by atoms with Crippen molar-refractivity contribution in [2.75, 3.05) is 36.5 Å². The first kappa shape index (κ1) is 17.2. The number of amides is 1. The van der Waals surface area contributed by atoms with Crippen LogP contribution in [0.1, 0.15) is 32.6 Å². The molecule has 0 radical (unpaired) electrons. The molecule has 1 aromatic rings. The minimum absolute atomic E-state index is 0.0638. The molecule has 1 N–H and O–H groups in total. The Labute approximate surface area is 142 Å². The average molecular weight is 336 g/mol. The van der Waals surface area contributed by atoms with E-state index < -0.39 is 11.9 Å². The van der Waals surface area contributed by atoms with E-state index in [9.17, 15) is 9.18 Å². The number of halogens is 1. The van der Waals surface area contributed by atoms with Crippen molar-refractivity contribution in [1.82, 2.24) is 0 Å². The molecule has 2 fully saturated rings. The summed E-state index contributed by atoms with van der Waals surface area (Å²) in [7, 11) is 0. The quantitative estimate of drug-likeness (QED) is 0.868. The van der Waals surface area contributed by atoms with Crippen molar-refractivity contribution < 1.29 is 18.7 Å². The fourth-order valence-electron chi connectivity index (χ4n) is 3.19. The third kappa shape index (κ3) is 4.05. The smallest absolute Gasteiger partial charge is 0.253 e. The fourth-order valence-corrected chi connectivity index (χ4v) is 3.19. The van der Waals surface area contributed by atoms with Gasteiger partial charge in [0.05, 0.1) is 18.4 Å². The first-order valence-electron chi connectivity index (χ1n) is 8.72. The van der Waals surface area contributed by atoms with Gasteiger partial charge in [-0.25, -0.2) is 4.39 Å². The first-order chi connectivity index (χ1) is 11.6. The molecule has 0 aromatic heterocycles. The molecule has 6 heteroatoms. The zero-order valence-corrected chi connectivity index (χ0v) is 14.1. The van der Waals surface area contributed by atoms with Crippen LogP contribution in [0.3, 0.4) is 0 Å². The van der Waals surface area contributed by atoms with Gasteiger partial charge >= 0.3 is 0 Å². The summed E-state index contributed by atoms with van der Waals surface area (Å²) < 4.78 is 25.3. The van der Waals surface area contributed by atoms with Crippen molar-refractivity contribution in [3.8, 4) is 0 Å². The summed E-state index contributed by atoms with van der Waals surface area (Å²) in [5, 5.41) is 2.71. The molecule has 2 heterocycles. The minimum atomic E-state index is -0.653. The molecule has 1 aromatic carbocycles. The molecule has 0 spiro atoms. The lowest BCUT2D eigenvalue weighted by Crippen LogP contribution is -2.31. The number of rotatable bonds is 6. The summed E-state index contributed by atoms with van der Waals surface area (Å²) in [6, 6.07) is 4.89. The number of carbonyl (C=O) groups excluding carboxylic acids is 1. The van der Waals surface area contributed by atoms with Gasteiger partial charge in [0.2, 0.25) is 0 Å². The topological polar surface area (TPSA) is 50.8 Å². The molecule has 0 saturated carbocycles. The van der Waals surface area contributed by atoms with Gasteiger partial charge in [0, 0.05) is 19.7 Å². The van der Waals surface area contributed by atoms with E-state index in [1.54, 1.807) is 13.0 Å². The van der Waals surface area contributed by atoms with Crippen molar-refractivity contribution in [1.29, 1.82) is 0 Å². The van der Waals surface area contributed by atoms with E-state index in [0.29, 0.717) is 6.61 Å². The monoisotopic (exact) mass is 336 g/mol. The molecular formula is C18H25FN2O3. The Morgan fingerprint density at radius 2 is 2.21 bits per heavy atom. The molecule has 5 nitrogen and oxygen atoms in total. The maximum Gasteiger partial charge on any atom is 0.253 e. The Hall–Kier alpha value is -1.66. The summed E-state index contributed by atoms with van der Waals surface area (Å²) >= 11 is 0. The van der Waals surface area contributed by atoms with Crippen LogP contribution in [0.5, 0.6) is 0 Å². The number of hydrogen-bond acceptors (Lipinski definition) is 4. The number of hydrogen-bond donors (Lipinski definition) is 1. The molecular weight excluding hydrogens is 311 g/mol. The van der Waals surface area contributed by atoms with Crippen molar-refractivity contribution in [3.63, 3.8) is 0 Å². The summed E-state index contributed by atoms with van der Waals surface area (Å²) in [5.74, 6) is -0.752. The summed E-state index contributed by atoms with van der Waals surface area (Å²) in [4.78, 5) is 14.5. The normalized spacial score (nSPS) is 21.9. The second-order valence-corrected chi connectivity index (χ2v) is 6.43. The highest BCUT2D eigenvalue weighted by atomic mass is 19.1. The van der Waals surface area contributed by atoms with Crippen LogP contribution in [-0.4, -0.2) is 44.4 Å². The molecule has 24 heavy (non-hydrogen) atoms. The van der Waals surface area contributed by atoms with Gasteiger partial charge in [-0.3, -0.25) is 4.79 Å². The van der Waals surface area contributed by atoms with Crippen LogP contribution in [-0.2, 0) is 14.3 Å². The Bertz CT molecular complexity index is 569. The summed E-state index contributed by atoms with van der Waals surface area (Å²) in [5.41, 5.74) is 0.990. The molecule has 2 aliphatic rings. The molecule has 2 aliphatic heterocycles. The average Bonchev–Trinajstić information content (AvgIpc) is 3.27. The zero-order chi connectivity index (χ0) is 16.9. The highest BCUT2D eigenvalue weighted by Gasteiger charge is 2.23. The van der Waals surface area contributed by atoms with Gasteiger partial charge in [0.25, 0.3) is 5.91 Å². The molecule has 0 bridgehead atoms. The van der Waals surface area contributed by atoms with Crippen molar-refractivity contribution in [2.24, 2.45) is 0 Å². The number of benzene rings is 1. The fraction of sp³-hybridized carbons (Fsp3) is 0.611. The first-order valence-corrected chi connectivity index (χ1v) is 8.72. The summed E-state index contributed by atoms with van der Waals surface area (Å²) in [6.45, 7) is 4.60. The van der Waals surface area contributed by atoms with Crippen molar-refractivity contribution in [2.45, 2.75) is 44.8 Å². The van der Waals surface area contributed by atoms with Crippen LogP contribution < -0.4 is 10.2 Å². The van der Waals surface area contributed by atoms with Gasteiger partial charge < -0.3 is 19.7 Å². The maximum atomic E-state index is 14.3. The lowest BCUT2D eigenvalue weighted by atomic mass is 10.2. The SMILES string of the molecule is C[C@H](OC[C@@H]1CCCO1)C(=O)Nc1c(F)cccc1N1CCCC1. The van der Waals surface area contributed by atoms with Crippen LogP contribution in [0.4, 0.5) is 15.8 Å².